The minimum absolute atomic E-state index is 0.0679. The standard InChI is InChI=1S/C21H18F5N3O4/c1-8-13(9-4-5-10(22)15(23)16(9)32-3)17(33-20(8,2)21(24,25)26)11-6-12(30)14-18(29-11)27-7-28-19(14)31/h4-8,13,17H,1-3H3,(H2,27,28,29,30,31)/t8-,13-,17-,20+/m0/s1. The molecule has 0 saturated carbocycles. The number of nitrogens with one attached hydrogen (secondary N) is 2. The fraction of sp³-hybridized carbons (Fsp3) is 0.381. The SMILES string of the molecule is COc1c([C@H]2[C@H](c3cc(=O)c4c(=O)[nH]cnc4[nH]3)O[C@@](C)(C(F)(F)F)[C@H]2C)ccc(F)c1F. The molecule has 4 atom stereocenters. The third kappa shape index (κ3) is 3.39. The van der Waals surface area contributed by atoms with Gasteiger partial charge >= 0.3 is 6.18 Å². The first-order chi connectivity index (χ1) is 15.4. The second-order valence-corrected chi connectivity index (χ2v) is 7.99. The minimum atomic E-state index is -4.84. The lowest BCUT2D eigenvalue weighted by atomic mass is 9.76. The largest absolute Gasteiger partial charge is 0.493 e. The molecule has 0 aliphatic carbocycles. The fourth-order valence-corrected chi connectivity index (χ4v) is 4.34. The molecule has 3 aromatic rings. The molecule has 0 unspecified atom stereocenters. The number of aromatic nitrogens is 3. The molecular weight excluding hydrogens is 453 g/mol. The number of methoxy groups -OCH3 is 1. The highest BCUT2D eigenvalue weighted by atomic mass is 19.4. The molecular formula is C21H18F5N3O4. The van der Waals surface area contributed by atoms with Crippen molar-refractivity contribution in [3.8, 4) is 5.75 Å². The van der Waals surface area contributed by atoms with E-state index in [1.54, 1.807) is 0 Å². The van der Waals surface area contributed by atoms with E-state index in [4.69, 9.17) is 9.47 Å². The van der Waals surface area contributed by atoms with Crippen LogP contribution < -0.4 is 15.7 Å². The van der Waals surface area contributed by atoms with Gasteiger partial charge in [-0.3, -0.25) is 9.59 Å². The summed E-state index contributed by atoms with van der Waals surface area (Å²) in [5, 5.41) is -0.312. The van der Waals surface area contributed by atoms with E-state index < -0.39 is 58.1 Å². The van der Waals surface area contributed by atoms with E-state index in [9.17, 15) is 31.5 Å². The topological polar surface area (TPSA) is 97.1 Å². The number of pyridine rings is 1. The number of fused-ring (bicyclic) bond motifs is 1. The third-order valence-corrected chi connectivity index (χ3v) is 6.27. The lowest BCUT2D eigenvalue weighted by Crippen LogP contribution is -2.46. The number of ether oxygens (including phenoxy) is 2. The van der Waals surface area contributed by atoms with Crippen LogP contribution in [0.2, 0.25) is 0 Å². The molecule has 0 spiro atoms. The third-order valence-electron chi connectivity index (χ3n) is 6.27. The van der Waals surface area contributed by atoms with Crippen LogP contribution in [-0.4, -0.2) is 33.8 Å². The quantitative estimate of drug-likeness (QED) is 0.568. The number of rotatable bonds is 3. The number of H-pyrrole nitrogens is 2. The maximum Gasteiger partial charge on any atom is 0.417 e. The van der Waals surface area contributed by atoms with Gasteiger partial charge in [0.15, 0.2) is 22.6 Å². The van der Waals surface area contributed by atoms with Crippen LogP contribution in [-0.2, 0) is 4.74 Å². The molecule has 4 rings (SSSR count). The summed E-state index contributed by atoms with van der Waals surface area (Å²) in [7, 11) is 1.06. The summed E-state index contributed by atoms with van der Waals surface area (Å²) < 4.78 is 80.9. The van der Waals surface area contributed by atoms with Crippen LogP contribution in [0.15, 0.2) is 34.1 Å². The Morgan fingerprint density at radius 1 is 1.21 bits per heavy atom. The molecule has 12 heteroatoms. The van der Waals surface area contributed by atoms with E-state index >= 15 is 0 Å². The number of hydrogen-bond donors (Lipinski definition) is 2. The average molecular weight is 471 g/mol. The van der Waals surface area contributed by atoms with Gasteiger partial charge in [0.1, 0.15) is 17.1 Å². The van der Waals surface area contributed by atoms with Crippen molar-refractivity contribution in [3.05, 3.63) is 68.0 Å². The van der Waals surface area contributed by atoms with Crippen molar-refractivity contribution in [1.82, 2.24) is 15.0 Å². The zero-order chi connectivity index (χ0) is 24.3. The van der Waals surface area contributed by atoms with Gasteiger partial charge in [0.2, 0.25) is 5.82 Å². The van der Waals surface area contributed by atoms with Crippen molar-refractivity contribution in [1.29, 1.82) is 0 Å². The van der Waals surface area contributed by atoms with Crippen LogP contribution in [0, 0.1) is 17.6 Å². The van der Waals surface area contributed by atoms with Gasteiger partial charge in [-0.25, -0.2) is 9.37 Å². The monoisotopic (exact) mass is 471 g/mol. The Morgan fingerprint density at radius 3 is 2.55 bits per heavy atom. The number of hydrogen-bond acceptors (Lipinski definition) is 5. The van der Waals surface area contributed by atoms with Crippen LogP contribution in [0.1, 0.15) is 37.1 Å². The average Bonchev–Trinajstić information content (AvgIpc) is 3.02. The van der Waals surface area contributed by atoms with Gasteiger partial charge in [0.05, 0.1) is 19.1 Å². The molecule has 7 nitrogen and oxygen atoms in total. The predicted molar refractivity (Wildman–Crippen MR) is 106 cm³/mol. The lowest BCUT2D eigenvalue weighted by Gasteiger charge is -2.32. The van der Waals surface area contributed by atoms with Crippen molar-refractivity contribution in [3.63, 3.8) is 0 Å². The van der Waals surface area contributed by atoms with Crippen LogP contribution in [0.25, 0.3) is 11.0 Å². The van der Waals surface area contributed by atoms with E-state index in [2.05, 4.69) is 15.0 Å². The molecule has 176 valence electrons. The highest BCUT2D eigenvalue weighted by molar-refractivity contribution is 5.73. The highest BCUT2D eigenvalue weighted by Gasteiger charge is 2.65. The summed E-state index contributed by atoms with van der Waals surface area (Å²) >= 11 is 0. The molecule has 1 fully saturated rings. The first-order valence-electron chi connectivity index (χ1n) is 9.77. The van der Waals surface area contributed by atoms with Crippen molar-refractivity contribution in [2.45, 2.75) is 37.6 Å². The summed E-state index contributed by atoms with van der Waals surface area (Å²) in [6.45, 7) is 2.11. The van der Waals surface area contributed by atoms with Gasteiger partial charge < -0.3 is 19.4 Å². The Labute approximate surface area is 182 Å². The van der Waals surface area contributed by atoms with E-state index in [0.29, 0.717) is 0 Å². The van der Waals surface area contributed by atoms with Crippen molar-refractivity contribution in [2.75, 3.05) is 7.11 Å². The fourth-order valence-electron chi connectivity index (χ4n) is 4.34. The summed E-state index contributed by atoms with van der Waals surface area (Å²) in [6, 6.07) is 2.85. The van der Waals surface area contributed by atoms with Crippen LogP contribution in [0.4, 0.5) is 22.0 Å². The van der Waals surface area contributed by atoms with Crippen LogP contribution in [0.3, 0.4) is 0 Å². The second-order valence-electron chi connectivity index (χ2n) is 7.99. The predicted octanol–water partition coefficient (Wildman–Crippen LogP) is 3.71. The smallest absolute Gasteiger partial charge is 0.417 e. The van der Waals surface area contributed by atoms with Gasteiger partial charge in [-0.2, -0.15) is 17.6 Å². The van der Waals surface area contributed by atoms with Gasteiger partial charge in [-0.05, 0) is 13.0 Å². The van der Waals surface area contributed by atoms with Gasteiger partial charge in [0, 0.05) is 23.5 Å². The summed E-state index contributed by atoms with van der Waals surface area (Å²) in [5.74, 6) is -5.68. The molecule has 1 saturated heterocycles. The Bertz CT molecular complexity index is 1350. The molecule has 1 aliphatic heterocycles. The molecule has 3 heterocycles. The van der Waals surface area contributed by atoms with Gasteiger partial charge in [0.25, 0.3) is 5.56 Å². The van der Waals surface area contributed by atoms with Crippen LogP contribution >= 0.6 is 0 Å². The zero-order valence-electron chi connectivity index (χ0n) is 17.5. The normalized spacial score (nSPS) is 25.5. The van der Waals surface area contributed by atoms with E-state index in [1.807, 2.05) is 0 Å². The zero-order valence-corrected chi connectivity index (χ0v) is 17.5. The molecule has 0 bridgehead atoms. The molecule has 1 aliphatic rings. The number of halogens is 5. The molecule has 0 amide bonds. The molecule has 33 heavy (non-hydrogen) atoms. The van der Waals surface area contributed by atoms with Crippen molar-refractivity contribution in [2.24, 2.45) is 5.92 Å². The Balaban J connectivity index is 1.98. The summed E-state index contributed by atoms with van der Waals surface area (Å²) in [6.07, 6.45) is -5.26. The highest BCUT2D eigenvalue weighted by Crippen LogP contribution is 2.59. The maximum absolute atomic E-state index is 14.4. The first kappa shape index (κ1) is 22.9. The maximum atomic E-state index is 14.4. The number of aromatic amines is 2. The lowest BCUT2D eigenvalue weighted by molar-refractivity contribution is -0.275. The van der Waals surface area contributed by atoms with E-state index in [-0.39, 0.29) is 22.3 Å². The van der Waals surface area contributed by atoms with E-state index in [1.165, 1.54) is 6.92 Å². The molecule has 2 N–H and O–H groups in total. The molecule has 0 radical (unpaired) electrons. The molecule has 1 aromatic carbocycles. The van der Waals surface area contributed by atoms with Gasteiger partial charge in [-0.1, -0.05) is 13.0 Å². The number of benzene rings is 1. The van der Waals surface area contributed by atoms with Gasteiger partial charge in [-0.15, -0.1) is 0 Å². The minimum Gasteiger partial charge on any atom is -0.493 e. The van der Waals surface area contributed by atoms with Crippen molar-refractivity contribution >= 4 is 11.0 Å². The Morgan fingerprint density at radius 2 is 1.91 bits per heavy atom. The Kier molecular flexibility index (Phi) is 5.31. The van der Waals surface area contributed by atoms with Crippen molar-refractivity contribution < 1.29 is 31.4 Å². The number of nitrogens with zero attached hydrogens (tertiary/aromatic N) is 1. The molecule has 2 aromatic heterocycles. The summed E-state index contributed by atoms with van der Waals surface area (Å²) in [4.78, 5) is 33.4. The van der Waals surface area contributed by atoms with Crippen LogP contribution in [0.5, 0.6) is 5.75 Å². The first-order valence-corrected chi connectivity index (χ1v) is 9.77. The van der Waals surface area contributed by atoms with E-state index in [0.717, 1.165) is 38.6 Å². The summed E-state index contributed by atoms with van der Waals surface area (Å²) in [5.41, 5.74) is -4.56. The number of alkyl halides is 3. The second kappa shape index (κ2) is 7.65. The Hall–Kier alpha value is -3.28.